The van der Waals surface area contributed by atoms with Crippen LogP contribution in [0.2, 0.25) is 0 Å². The van der Waals surface area contributed by atoms with Gasteiger partial charge in [0.1, 0.15) is 11.2 Å². The smallest absolute Gasteiger partial charge is 0.353 e. The number of ether oxygens (including phenoxy) is 1. The van der Waals surface area contributed by atoms with E-state index in [0.717, 1.165) is 0 Å². The quantitative estimate of drug-likeness (QED) is 0.630. The van der Waals surface area contributed by atoms with Gasteiger partial charge in [0.05, 0.1) is 13.2 Å². The fourth-order valence-corrected chi connectivity index (χ4v) is 3.25. The lowest BCUT2D eigenvalue weighted by atomic mass is 9.70. The Balaban J connectivity index is 3.09. The molecule has 0 radical (unpaired) electrons. The average Bonchev–Trinajstić information content (AvgIpc) is 2.34. The fraction of sp³-hybridized carbons (Fsp3) is 0.733. The highest BCUT2D eigenvalue weighted by Crippen LogP contribution is 2.42. The van der Waals surface area contributed by atoms with E-state index in [1.54, 1.807) is 0 Å². The standard InChI is InChI=1S/C15H25N3O2/c1-11(12(19)20-7)17-15(10-16)8-13(2,3)18(6)14(4,5)9-15/h17H,1,8-9H2,2-7H3. The Morgan fingerprint density at radius 1 is 1.30 bits per heavy atom. The maximum Gasteiger partial charge on any atom is 0.353 e. The van der Waals surface area contributed by atoms with Crippen LogP contribution in [0.15, 0.2) is 12.3 Å². The van der Waals surface area contributed by atoms with Crippen LogP contribution in [0.25, 0.3) is 0 Å². The topological polar surface area (TPSA) is 65.4 Å². The summed E-state index contributed by atoms with van der Waals surface area (Å²) in [4.78, 5) is 13.8. The van der Waals surface area contributed by atoms with Gasteiger partial charge in [-0.3, -0.25) is 4.90 Å². The Hall–Kier alpha value is -1.54. The molecule has 0 aromatic heterocycles. The number of likely N-dealkylation sites (tertiary alicyclic amines) is 1. The Labute approximate surface area is 121 Å². The first-order valence-corrected chi connectivity index (χ1v) is 6.70. The third-order valence-corrected chi connectivity index (χ3v) is 4.32. The van der Waals surface area contributed by atoms with Crippen molar-refractivity contribution < 1.29 is 9.53 Å². The van der Waals surface area contributed by atoms with Crippen molar-refractivity contribution in [2.24, 2.45) is 0 Å². The zero-order valence-electron chi connectivity index (χ0n) is 13.3. The lowest BCUT2D eigenvalue weighted by Crippen LogP contribution is -2.67. The van der Waals surface area contributed by atoms with Crippen LogP contribution in [0, 0.1) is 11.3 Å². The lowest BCUT2D eigenvalue weighted by Gasteiger charge is -2.56. The third kappa shape index (κ3) is 2.96. The molecular formula is C15H25N3O2. The molecule has 1 fully saturated rings. The molecule has 1 aliphatic rings. The van der Waals surface area contributed by atoms with Crippen molar-refractivity contribution in [2.45, 2.75) is 57.2 Å². The van der Waals surface area contributed by atoms with E-state index < -0.39 is 11.5 Å². The molecule has 5 heteroatoms. The van der Waals surface area contributed by atoms with Crippen LogP contribution in [-0.2, 0) is 9.53 Å². The van der Waals surface area contributed by atoms with E-state index in [1.807, 2.05) is 0 Å². The van der Waals surface area contributed by atoms with Crippen molar-refractivity contribution in [2.75, 3.05) is 14.2 Å². The van der Waals surface area contributed by atoms with Gasteiger partial charge in [-0.25, -0.2) is 4.79 Å². The van der Waals surface area contributed by atoms with Gasteiger partial charge in [0.25, 0.3) is 0 Å². The molecule has 112 valence electrons. The number of carbonyl (C=O) groups is 1. The Morgan fingerprint density at radius 2 is 1.75 bits per heavy atom. The van der Waals surface area contributed by atoms with Gasteiger partial charge in [-0.1, -0.05) is 6.58 Å². The number of carbonyl (C=O) groups excluding carboxylic acids is 1. The second-order valence-corrected chi connectivity index (χ2v) is 6.83. The minimum atomic E-state index is -0.815. The third-order valence-electron chi connectivity index (χ3n) is 4.32. The molecule has 0 aromatic rings. The van der Waals surface area contributed by atoms with E-state index in [4.69, 9.17) is 0 Å². The zero-order chi connectivity index (χ0) is 15.8. The molecule has 20 heavy (non-hydrogen) atoms. The van der Waals surface area contributed by atoms with Crippen molar-refractivity contribution in [3.8, 4) is 6.07 Å². The molecule has 1 heterocycles. The molecule has 5 nitrogen and oxygen atoms in total. The highest BCUT2D eigenvalue weighted by Gasteiger charge is 2.51. The van der Waals surface area contributed by atoms with Gasteiger partial charge in [-0.15, -0.1) is 0 Å². The van der Waals surface area contributed by atoms with Crippen LogP contribution in [0.3, 0.4) is 0 Å². The maximum absolute atomic E-state index is 11.5. The zero-order valence-corrected chi connectivity index (χ0v) is 13.3. The summed E-state index contributed by atoms with van der Waals surface area (Å²) in [5, 5.41) is 12.7. The van der Waals surface area contributed by atoms with Crippen LogP contribution in [0.5, 0.6) is 0 Å². The molecule has 0 spiro atoms. The molecule has 1 saturated heterocycles. The van der Waals surface area contributed by atoms with Crippen molar-refractivity contribution in [3.05, 3.63) is 12.3 Å². The molecule has 0 unspecified atom stereocenters. The van der Waals surface area contributed by atoms with E-state index in [-0.39, 0.29) is 16.8 Å². The minimum Gasteiger partial charge on any atom is -0.464 e. The number of esters is 1. The summed E-state index contributed by atoms with van der Waals surface area (Å²) in [5.74, 6) is -0.533. The highest BCUT2D eigenvalue weighted by molar-refractivity contribution is 5.87. The Morgan fingerprint density at radius 3 is 2.10 bits per heavy atom. The largest absolute Gasteiger partial charge is 0.464 e. The number of nitrogens with one attached hydrogen (secondary N) is 1. The van der Waals surface area contributed by atoms with Crippen LogP contribution >= 0.6 is 0 Å². The first kappa shape index (κ1) is 16.5. The summed E-state index contributed by atoms with van der Waals surface area (Å²) in [5.41, 5.74) is -1.02. The van der Waals surface area contributed by atoms with Crippen molar-refractivity contribution in [1.29, 1.82) is 5.26 Å². The van der Waals surface area contributed by atoms with Crippen LogP contribution < -0.4 is 5.32 Å². The first-order chi connectivity index (χ1) is 8.99. The summed E-state index contributed by atoms with van der Waals surface area (Å²) >= 11 is 0. The van der Waals surface area contributed by atoms with Crippen LogP contribution in [0.1, 0.15) is 40.5 Å². The average molecular weight is 279 g/mol. The monoisotopic (exact) mass is 279 g/mol. The maximum atomic E-state index is 11.5. The molecule has 0 bridgehead atoms. The van der Waals surface area contributed by atoms with E-state index in [0.29, 0.717) is 12.8 Å². The van der Waals surface area contributed by atoms with Gasteiger partial charge in [-0.05, 0) is 34.7 Å². The number of nitriles is 1. The van der Waals surface area contributed by atoms with Crippen molar-refractivity contribution >= 4 is 5.97 Å². The second kappa shape index (κ2) is 5.10. The predicted octanol–water partition coefficient (Wildman–Crippen LogP) is 1.81. The summed E-state index contributed by atoms with van der Waals surface area (Å²) in [7, 11) is 3.37. The number of hydrogen-bond acceptors (Lipinski definition) is 5. The van der Waals surface area contributed by atoms with E-state index >= 15 is 0 Å². The fourth-order valence-electron chi connectivity index (χ4n) is 3.25. The normalized spacial score (nSPS) is 23.4. The number of nitrogens with zero attached hydrogens (tertiary/aromatic N) is 2. The minimum absolute atomic E-state index is 0.130. The van der Waals surface area contributed by atoms with Gasteiger partial charge in [0.15, 0.2) is 0 Å². The van der Waals surface area contributed by atoms with Gasteiger partial charge >= 0.3 is 5.97 Å². The second-order valence-electron chi connectivity index (χ2n) is 6.83. The van der Waals surface area contributed by atoms with Gasteiger partial charge in [-0.2, -0.15) is 5.26 Å². The molecule has 0 aliphatic carbocycles. The van der Waals surface area contributed by atoms with Crippen LogP contribution in [-0.4, -0.2) is 41.6 Å². The van der Waals surface area contributed by atoms with Crippen LogP contribution in [0.4, 0.5) is 0 Å². The predicted molar refractivity (Wildman–Crippen MR) is 77.8 cm³/mol. The van der Waals surface area contributed by atoms with Crippen molar-refractivity contribution in [3.63, 3.8) is 0 Å². The van der Waals surface area contributed by atoms with Gasteiger partial charge < -0.3 is 10.1 Å². The summed E-state index contributed by atoms with van der Waals surface area (Å²) < 4.78 is 4.65. The molecule has 1 N–H and O–H groups in total. The van der Waals surface area contributed by atoms with E-state index in [1.165, 1.54) is 7.11 Å². The SMILES string of the molecule is C=C(NC1(C#N)CC(C)(C)N(C)C(C)(C)C1)C(=O)OC. The summed E-state index contributed by atoms with van der Waals surface area (Å²) in [6.07, 6.45) is 1.21. The molecule has 0 saturated carbocycles. The van der Waals surface area contributed by atoms with Crippen molar-refractivity contribution in [1.82, 2.24) is 10.2 Å². The van der Waals surface area contributed by atoms with E-state index in [2.05, 4.69) is 62.3 Å². The van der Waals surface area contributed by atoms with E-state index in [9.17, 15) is 10.1 Å². The van der Waals surface area contributed by atoms with Gasteiger partial charge in [0, 0.05) is 23.9 Å². The lowest BCUT2D eigenvalue weighted by molar-refractivity contribution is -0.137. The number of hydrogen-bond donors (Lipinski definition) is 1. The molecule has 0 amide bonds. The summed E-state index contributed by atoms with van der Waals surface area (Å²) in [6.45, 7) is 12.1. The molecule has 0 atom stereocenters. The molecule has 1 rings (SSSR count). The van der Waals surface area contributed by atoms with Gasteiger partial charge in [0.2, 0.25) is 0 Å². The summed E-state index contributed by atoms with van der Waals surface area (Å²) in [6, 6.07) is 2.35. The Bertz CT molecular complexity index is 442. The first-order valence-electron chi connectivity index (χ1n) is 6.70. The Kier molecular flexibility index (Phi) is 4.21. The molecular weight excluding hydrogens is 254 g/mol. The molecule has 1 aliphatic heterocycles. The number of piperidine rings is 1. The molecule has 0 aromatic carbocycles. The number of rotatable bonds is 3. The highest BCUT2D eigenvalue weighted by atomic mass is 16.5. The number of methoxy groups -OCH3 is 1.